The number of halogens is 2. The molecule has 0 aromatic heterocycles. The maximum atomic E-state index is 12.6. The van der Waals surface area contributed by atoms with Gasteiger partial charge in [-0.3, -0.25) is 0 Å². The fourth-order valence-corrected chi connectivity index (χ4v) is 3.85. The number of sulfonamides is 1. The van der Waals surface area contributed by atoms with Gasteiger partial charge in [0.2, 0.25) is 10.0 Å². The van der Waals surface area contributed by atoms with Crippen molar-refractivity contribution in [3.8, 4) is 11.5 Å². The number of hydrogen-bond acceptors (Lipinski definition) is 5. The van der Waals surface area contributed by atoms with Gasteiger partial charge in [0.25, 0.3) is 0 Å². The number of guanidine groups is 1. The zero-order chi connectivity index (χ0) is 22.0. The molecule has 1 saturated carbocycles. The molecule has 3 N–H and O–H groups in total. The highest BCUT2D eigenvalue weighted by molar-refractivity contribution is 7.89. The van der Waals surface area contributed by atoms with Crippen LogP contribution in [-0.2, 0) is 16.6 Å². The van der Waals surface area contributed by atoms with Crippen molar-refractivity contribution in [3.63, 3.8) is 0 Å². The predicted molar refractivity (Wildman–Crippen MR) is 112 cm³/mol. The molecule has 1 aliphatic carbocycles. The summed E-state index contributed by atoms with van der Waals surface area (Å²) < 4.78 is 61.8. The number of alkyl halides is 2. The van der Waals surface area contributed by atoms with Crippen LogP contribution in [0.15, 0.2) is 23.2 Å². The van der Waals surface area contributed by atoms with Crippen molar-refractivity contribution in [2.45, 2.75) is 39.3 Å². The Bertz CT molecular complexity index is 802. The average molecular weight is 449 g/mol. The van der Waals surface area contributed by atoms with Gasteiger partial charge in [-0.15, -0.1) is 0 Å². The van der Waals surface area contributed by atoms with Gasteiger partial charge in [-0.1, -0.05) is 6.42 Å². The number of nitrogens with zero attached hydrogens (tertiary/aromatic N) is 1. The molecule has 0 bridgehead atoms. The molecule has 11 heteroatoms. The Hall–Kier alpha value is -2.14. The highest BCUT2D eigenvalue weighted by Crippen LogP contribution is 2.26. The van der Waals surface area contributed by atoms with Crippen LogP contribution in [0.2, 0.25) is 0 Å². The highest BCUT2D eigenvalue weighted by Gasteiger charge is 2.20. The van der Waals surface area contributed by atoms with E-state index < -0.39 is 16.6 Å². The molecule has 0 atom stereocenters. The number of methoxy groups -OCH3 is 1. The molecule has 8 nitrogen and oxygen atoms in total. The maximum absolute atomic E-state index is 12.6. The normalized spacial score (nSPS) is 15.0. The first-order chi connectivity index (χ1) is 14.3. The Balaban J connectivity index is 1.94. The van der Waals surface area contributed by atoms with Crippen molar-refractivity contribution in [2.75, 3.05) is 32.5 Å². The lowest BCUT2D eigenvalue weighted by molar-refractivity contribution is -0.0504. The summed E-state index contributed by atoms with van der Waals surface area (Å²) in [6.07, 6.45) is 3.30. The zero-order valence-electron chi connectivity index (χ0n) is 17.3. The second-order valence-corrected chi connectivity index (χ2v) is 8.86. The van der Waals surface area contributed by atoms with E-state index in [4.69, 9.17) is 4.74 Å². The van der Waals surface area contributed by atoms with Gasteiger partial charge in [0.05, 0.1) is 19.4 Å². The van der Waals surface area contributed by atoms with Gasteiger partial charge < -0.3 is 20.1 Å². The molecule has 1 aromatic rings. The Labute approximate surface area is 176 Å². The lowest BCUT2D eigenvalue weighted by atomic mass is 9.86. The SMILES string of the molecule is CCNC(=NCc1cc(OC)ccc1OC(F)F)NCCS(=O)(=O)NCC1CCC1. The summed E-state index contributed by atoms with van der Waals surface area (Å²) in [6.45, 7) is 0.150. The van der Waals surface area contributed by atoms with E-state index in [1.54, 1.807) is 6.07 Å². The Morgan fingerprint density at radius 2 is 2.07 bits per heavy atom. The topological polar surface area (TPSA) is 101 Å². The highest BCUT2D eigenvalue weighted by atomic mass is 32.2. The molecule has 0 saturated heterocycles. The monoisotopic (exact) mass is 448 g/mol. The molecule has 0 spiro atoms. The molecule has 0 unspecified atom stereocenters. The van der Waals surface area contributed by atoms with Crippen molar-refractivity contribution >= 4 is 16.0 Å². The molecule has 0 heterocycles. The quantitative estimate of drug-likeness (QED) is 0.334. The van der Waals surface area contributed by atoms with Crippen LogP contribution in [0.5, 0.6) is 11.5 Å². The van der Waals surface area contributed by atoms with Gasteiger partial charge in [-0.05, 0) is 43.9 Å². The lowest BCUT2D eigenvalue weighted by Crippen LogP contribution is -2.42. The van der Waals surface area contributed by atoms with Crippen molar-refractivity contribution in [3.05, 3.63) is 23.8 Å². The van der Waals surface area contributed by atoms with E-state index in [-0.39, 0.29) is 24.6 Å². The molecule has 1 fully saturated rings. The lowest BCUT2D eigenvalue weighted by Gasteiger charge is -2.25. The number of aliphatic imine (C=N–C) groups is 1. The van der Waals surface area contributed by atoms with Crippen LogP contribution in [0.4, 0.5) is 8.78 Å². The number of hydrogen-bond donors (Lipinski definition) is 3. The number of ether oxygens (including phenoxy) is 2. The third-order valence-electron chi connectivity index (χ3n) is 4.72. The molecule has 1 aromatic carbocycles. The van der Waals surface area contributed by atoms with E-state index >= 15 is 0 Å². The van der Waals surface area contributed by atoms with Crippen LogP contribution in [-0.4, -0.2) is 53.5 Å². The number of rotatable bonds is 12. The first kappa shape index (κ1) is 24.1. The molecular weight excluding hydrogens is 418 g/mol. The zero-order valence-corrected chi connectivity index (χ0v) is 18.1. The number of benzene rings is 1. The van der Waals surface area contributed by atoms with E-state index in [1.165, 1.54) is 19.2 Å². The summed E-state index contributed by atoms with van der Waals surface area (Å²) in [7, 11) is -1.90. The summed E-state index contributed by atoms with van der Waals surface area (Å²) in [6, 6.07) is 4.49. The average Bonchev–Trinajstić information content (AvgIpc) is 2.65. The standard InChI is InChI=1S/C19H30F2N4O4S/c1-3-22-19(23-9-10-30(26,27)25-12-14-5-4-6-14)24-13-15-11-16(28-2)7-8-17(15)29-18(20)21/h7-8,11,14,18,25H,3-6,9-10,12-13H2,1-2H3,(H2,22,23,24). The Morgan fingerprint density at radius 3 is 2.67 bits per heavy atom. The van der Waals surface area contributed by atoms with Gasteiger partial charge in [-0.25, -0.2) is 18.1 Å². The molecule has 0 radical (unpaired) electrons. The van der Waals surface area contributed by atoms with Crippen LogP contribution in [0.25, 0.3) is 0 Å². The van der Waals surface area contributed by atoms with Crippen LogP contribution in [0.1, 0.15) is 31.7 Å². The van der Waals surface area contributed by atoms with Gasteiger partial charge in [0, 0.05) is 25.2 Å². The summed E-state index contributed by atoms with van der Waals surface area (Å²) >= 11 is 0. The minimum atomic E-state index is -3.37. The molecule has 2 rings (SSSR count). The summed E-state index contributed by atoms with van der Waals surface area (Å²) in [5.74, 6) is 1.22. The fourth-order valence-electron chi connectivity index (χ4n) is 2.84. The largest absolute Gasteiger partial charge is 0.497 e. The van der Waals surface area contributed by atoms with Crippen molar-refractivity contribution < 1.29 is 26.7 Å². The molecule has 170 valence electrons. The fraction of sp³-hybridized carbons (Fsp3) is 0.632. The van der Waals surface area contributed by atoms with E-state index in [0.717, 1.165) is 19.3 Å². The minimum Gasteiger partial charge on any atom is -0.497 e. The third-order valence-corrected chi connectivity index (χ3v) is 6.06. The smallest absolute Gasteiger partial charge is 0.387 e. The van der Waals surface area contributed by atoms with E-state index in [2.05, 4.69) is 25.1 Å². The predicted octanol–water partition coefficient (Wildman–Crippen LogP) is 2.07. The van der Waals surface area contributed by atoms with Crippen molar-refractivity contribution in [1.82, 2.24) is 15.4 Å². The Kier molecular flexibility index (Phi) is 9.57. The van der Waals surface area contributed by atoms with Crippen LogP contribution in [0.3, 0.4) is 0 Å². The second-order valence-electron chi connectivity index (χ2n) is 6.94. The minimum absolute atomic E-state index is 0.00757. The van der Waals surface area contributed by atoms with E-state index in [9.17, 15) is 17.2 Å². The van der Waals surface area contributed by atoms with Gasteiger partial charge in [0.1, 0.15) is 11.5 Å². The molecule has 0 amide bonds. The van der Waals surface area contributed by atoms with Gasteiger partial charge in [0.15, 0.2) is 5.96 Å². The summed E-state index contributed by atoms with van der Waals surface area (Å²) in [5.41, 5.74) is 0.418. The van der Waals surface area contributed by atoms with Crippen LogP contribution >= 0.6 is 0 Å². The maximum Gasteiger partial charge on any atom is 0.387 e. The van der Waals surface area contributed by atoms with Gasteiger partial charge >= 0.3 is 6.61 Å². The second kappa shape index (κ2) is 11.9. The first-order valence-electron chi connectivity index (χ1n) is 9.94. The Morgan fingerprint density at radius 1 is 1.30 bits per heavy atom. The molecule has 0 aliphatic heterocycles. The molecule has 1 aliphatic rings. The van der Waals surface area contributed by atoms with Gasteiger partial charge in [-0.2, -0.15) is 8.78 Å². The third kappa shape index (κ3) is 8.31. The van der Waals surface area contributed by atoms with E-state index in [0.29, 0.717) is 36.3 Å². The van der Waals surface area contributed by atoms with Crippen molar-refractivity contribution in [2.24, 2.45) is 10.9 Å². The van der Waals surface area contributed by atoms with E-state index in [1.807, 2.05) is 6.92 Å². The van der Waals surface area contributed by atoms with Crippen LogP contribution in [0, 0.1) is 5.92 Å². The summed E-state index contributed by atoms with van der Waals surface area (Å²) in [5, 5.41) is 5.95. The molecule has 30 heavy (non-hydrogen) atoms. The first-order valence-corrected chi connectivity index (χ1v) is 11.6. The molecular formula is C19H30F2N4O4S. The van der Waals surface area contributed by atoms with Crippen LogP contribution < -0.4 is 24.8 Å². The number of nitrogens with one attached hydrogen (secondary N) is 3. The van der Waals surface area contributed by atoms with Crippen molar-refractivity contribution in [1.29, 1.82) is 0 Å². The summed E-state index contributed by atoms with van der Waals surface area (Å²) in [4.78, 5) is 4.34.